The lowest BCUT2D eigenvalue weighted by molar-refractivity contribution is -0.139. The van der Waals surface area contributed by atoms with E-state index in [2.05, 4.69) is 12.1 Å². The fraction of sp³-hybridized carbons (Fsp3) is 0.500. The number of ether oxygens (including phenoxy) is 1. The first kappa shape index (κ1) is 25.3. The van der Waals surface area contributed by atoms with Crippen molar-refractivity contribution in [3.8, 4) is 11.5 Å². The van der Waals surface area contributed by atoms with Crippen molar-refractivity contribution in [3.63, 3.8) is 0 Å². The van der Waals surface area contributed by atoms with Crippen LogP contribution in [0.5, 0.6) is 11.5 Å². The van der Waals surface area contributed by atoms with Crippen molar-refractivity contribution in [2.24, 2.45) is 5.16 Å². The van der Waals surface area contributed by atoms with Crippen LogP contribution in [0.25, 0.3) is 0 Å². The van der Waals surface area contributed by atoms with Gasteiger partial charge in [0.05, 0.1) is 12.3 Å². The number of benzene rings is 1. The van der Waals surface area contributed by atoms with Gasteiger partial charge in [-0.2, -0.15) is 0 Å². The molecule has 8 heteroatoms. The molecular formula is C26H34N2O6. The summed E-state index contributed by atoms with van der Waals surface area (Å²) in [6.45, 7) is 2.83. The van der Waals surface area contributed by atoms with E-state index in [0.717, 1.165) is 51.1 Å². The zero-order valence-corrected chi connectivity index (χ0v) is 19.7. The highest BCUT2D eigenvalue weighted by atomic mass is 16.6. The second kappa shape index (κ2) is 12.8. The number of allylic oxidation sites excluding steroid dienone is 3. The summed E-state index contributed by atoms with van der Waals surface area (Å²) in [5.74, 6) is -1.31. The molecule has 0 radical (unpaired) electrons. The van der Waals surface area contributed by atoms with E-state index in [1.807, 2.05) is 23.1 Å². The Balaban J connectivity index is 1.80. The maximum atomic E-state index is 12.7. The second-order valence-electron chi connectivity index (χ2n) is 8.55. The molecule has 8 nitrogen and oxygen atoms in total. The quantitative estimate of drug-likeness (QED) is 0.387. The minimum atomic E-state index is -0.673. The Morgan fingerprint density at radius 1 is 1.18 bits per heavy atom. The van der Waals surface area contributed by atoms with Gasteiger partial charge in [-0.25, -0.2) is 4.79 Å². The number of cyclic esters (lactones) is 1. The molecule has 1 atom stereocenters. The van der Waals surface area contributed by atoms with E-state index in [-0.39, 0.29) is 48.6 Å². The Morgan fingerprint density at radius 2 is 1.97 bits per heavy atom. The van der Waals surface area contributed by atoms with Gasteiger partial charge >= 0.3 is 5.97 Å². The van der Waals surface area contributed by atoms with Crippen molar-refractivity contribution in [2.45, 2.75) is 64.3 Å². The highest BCUT2D eigenvalue weighted by molar-refractivity contribution is 6.00. The molecule has 2 aliphatic heterocycles. The molecule has 0 aromatic heterocycles. The van der Waals surface area contributed by atoms with E-state index in [0.29, 0.717) is 17.7 Å². The van der Waals surface area contributed by atoms with E-state index >= 15 is 0 Å². The minimum absolute atomic E-state index is 0.0184. The topological polar surface area (TPSA) is 109 Å². The summed E-state index contributed by atoms with van der Waals surface area (Å²) in [4.78, 5) is 32.6. The first-order valence-corrected chi connectivity index (χ1v) is 12.0. The first-order valence-electron chi connectivity index (χ1n) is 12.0. The molecule has 1 saturated heterocycles. The van der Waals surface area contributed by atoms with Crippen LogP contribution in [0, 0.1) is 0 Å². The number of nitrogens with zero attached hydrogens (tertiary/aromatic N) is 2. The van der Waals surface area contributed by atoms with Crippen LogP contribution in [0.1, 0.15) is 67.8 Å². The zero-order valence-electron chi connectivity index (χ0n) is 19.7. The maximum absolute atomic E-state index is 12.7. The molecule has 0 spiro atoms. The summed E-state index contributed by atoms with van der Waals surface area (Å²) >= 11 is 0. The van der Waals surface area contributed by atoms with Gasteiger partial charge in [0.25, 0.3) is 5.91 Å². The van der Waals surface area contributed by atoms with Crippen LogP contribution in [0.4, 0.5) is 0 Å². The Bertz CT molecular complexity index is 953. The third-order valence-corrected chi connectivity index (χ3v) is 6.04. The van der Waals surface area contributed by atoms with Gasteiger partial charge in [0.1, 0.15) is 17.1 Å². The number of phenols is 2. The monoisotopic (exact) mass is 470 g/mol. The number of rotatable bonds is 4. The molecule has 2 N–H and O–H groups in total. The largest absolute Gasteiger partial charge is 0.508 e. The van der Waals surface area contributed by atoms with E-state index < -0.39 is 5.97 Å². The summed E-state index contributed by atoms with van der Waals surface area (Å²) in [6, 6.07) is 2.74. The molecule has 2 heterocycles. The molecule has 3 rings (SSSR count). The third-order valence-electron chi connectivity index (χ3n) is 6.04. The summed E-state index contributed by atoms with van der Waals surface area (Å²) in [5, 5.41) is 24.5. The van der Waals surface area contributed by atoms with Crippen LogP contribution in [-0.4, -0.2) is 58.5 Å². The second-order valence-corrected chi connectivity index (χ2v) is 8.55. The number of carbonyl (C=O) groups excluding carboxylic acids is 2. The summed E-state index contributed by atoms with van der Waals surface area (Å²) in [7, 11) is 0. The number of amides is 1. The normalized spacial score (nSPS) is 21.0. The number of esters is 1. The molecule has 1 aromatic rings. The average Bonchev–Trinajstić information content (AvgIpc) is 2.81. The van der Waals surface area contributed by atoms with Gasteiger partial charge < -0.3 is 24.7 Å². The number of hydrogen-bond donors (Lipinski definition) is 2. The highest BCUT2D eigenvalue weighted by Crippen LogP contribution is 2.29. The molecule has 1 unspecified atom stereocenters. The maximum Gasteiger partial charge on any atom is 0.342 e. The van der Waals surface area contributed by atoms with Gasteiger partial charge in [0.2, 0.25) is 0 Å². The fourth-order valence-electron chi connectivity index (χ4n) is 4.31. The minimum Gasteiger partial charge on any atom is -0.508 e. The van der Waals surface area contributed by atoms with Gasteiger partial charge in [-0.1, -0.05) is 30.3 Å². The molecule has 1 amide bonds. The van der Waals surface area contributed by atoms with Crippen LogP contribution in [0.3, 0.4) is 0 Å². The van der Waals surface area contributed by atoms with Gasteiger partial charge in [-0.15, -0.1) is 0 Å². The lowest BCUT2D eigenvalue weighted by Gasteiger charge is -2.34. The predicted molar refractivity (Wildman–Crippen MR) is 129 cm³/mol. The van der Waals surface area contributed by atoms with Crippen molar-refractivity contribution < 1.29 is 29.4 Å². The fourth-order valence-corrected chi connectivity index (χ4v) is 4.31. The number of phenolic OH excluding ortho intramolecular Hbond substituents is 2. The standard InChI is InChI=1S/C26H34N2O6/c1-2-21-12-8-9-13-28(21)24(31)18-34-27-20-11-7-5-3-4-6-10-14-33-26(32)25-19(15-20)16-22(29)17-23(25)30/h4,6-7,11,16-17,21,29-30H,2-3,5,8-10,12-15,18H2,1H3. The predicted octanol–water partition coefficient (Wildman–Crippen LogP) is 4.26. The Hall–Kier alpha value is -3.29. The van der Waals surface area contributed by atoms with Crippen LogP contribution in [0.15, 0.2) is 41.6 Å². The van der Waals surface area contributed by atoms with Crippen molar-refractivity contribution in [2.75, 3.05) is 19.8 Å². The molecule has 34 heavy (non-hydrogen) atoms. The summed E-state index contributed by atoms with van der Waals surface area (Å²) < 4.78 is 5.30. The van der Waals surface area contributed by atoms with E-state index in [9.17, 15) is 19.8 Å². The summed E-state index contributed by atoms with van der Waals surface area (Å²) in [5.41, 5.74) is 0.796. The first-order chi connectivity index (χ1) is 16.5. The SMILES string of the molecule is CCC1CCCCN1C(=O)CON=C1C=CCCC=CCCOC(=O)c2c(O)cc(O)cc2C1. The number of fused-ring (bicyclic) bond motifs is 1. The van der Waals surface area contributed by atoms with Gasteiger partial charge in [-0.05, 0) is 62.7 Å². The number of oxime groups is 1. The van der Waals surface area contributed by atoms with Crippen LogP contribution >= 0.6 is 0 Å². The van der Waals surface area contributed by atoms with Gasteiger partial charge in [0, 0.05) is 25.1 Å². The molecule has 1 aromatic carbocycles. The lowest BCUT2D eigenvalue weighted by Crippen LogP contribution is -2.44. The summed E-state index contributed by atoms with van der Waals surface area (Å²) in [6.07, 6.45) is 14.0. The molecule has 0 saturated carbocycles. The van der Waals surface area contributed by atoms with Crippen molar-refractivity contribution >= 4 is 17.6 Å². The van der Waals surface area contributed by atoms with E-state index in [1.54, 1.807) is 6.08 Å². The van der Waals surface area contributed by atoms with E-state index in [1.165, 1.54) is 6.07 Å². The van der Waals surface area contributed by atoms with Gasteiger partial charge in [-0.3, -0.25) is 4.79 Å². The molecular weight excluding hydrogens is 436 g/mol. The zero-order chi connectivity index (χ0) is 24.3. The Kier molecular flexibility index (Phi) is 9.55. The Labute approximate surface area is 200 Å². The van der Waals surface area contributed by atoms with Gasteiger partial charge in [0.15, 0.2) is 6.61 Å². The van der Waals surface area contributed by atoms with Crippen LogP contribution in [0.2, 0.25) is 0 Å². The number of hydrogen-bond acceptors (Lipinski definition) is 7. The highest BCUT2D eigenvalue weighted by Gasteiger charge is 2.25. The third kappa shape index (κ3) is 7.10. The molecule has 184 valence electrons. The Morgan fingerprint density at radius 3 is 2.79 bits per heavy atom. The number of aromatic hydroxyl groups is 2. The van der Waals surface area contributed by atoms with E-state index in [4.69, 9.17) is 9.57 Å². The van der Waals surface area contributed by atoms with Crippen LogP contribution < -0.4 is 0 Å². The smallest absolute Gasteiger partial charge is 0.342 e. The number of carbonyl (C=O) groups is 2. The lowest BCUT2D eigenvalue weighted by atomic mass is 9.99. The number of likely N-dealkylation sites (tertiary alicyclic amines) is 1. The van der Waals surface area contributed by atoms with Crippen molar-refractivity contribution in [1.82, 2.24) is 4.90 Å². The molecule has 1 fully saturated rings. The van der Waals surface area contributed by atoms with Crippen molar-refractivity contribution in [1.29, 1.82) is 0 Å². The number of piperidine rings is 1. The van der Waals surface area contributed by atoms with Crippen LogP contribution in [-0.2, 0) is 20.8 Å². The molecule has 2 aliphatic rings. The molecule has 0 bridgehead atoms. The van der Waals surface area contributed by atoms with Crippen molar-refractivity contribution in [3.05, 3.63) is 47.6 Å². The average molecular weight is 471 g/mol. The molecule has 0 aliphatic carbocycles.